The molecule has 7 nitrogen and oxygen atoms in total. The van der Waals surface area contributed by atoms with Gasteiger partial charge in [-0.1, -0.05) is 17.3 Å². The summed E-state index contributed by atoms with van der Waals surface area (Å²) < 4.78 is 59.4. The molecule has 1 N–H and O–H groups in total. The van der Waals surface area contributed by atoms with E-state index in [-0.39, 0.29) is 42.8 Å². The van der Waals surface area contributed by atoms with E-state index >= 15 is 0 Å². The van der Waals surface area contributed by atoms with Crippen LogP contribution in [0.2, 0.25) is 0 Å². The molecule has 3 aromatic heterocycles. The Morgan fingerprint density at radius 3 is 2.42 bits per heavy atom. The number of benzene rings is 1. The van der Waals surface area contributed by atoms with Crippen LogP contribution in [-0.2, 0) is 23.1 Å². The van der Waals surface area contributed by atoms with Crippen molar-refractivity contribution in [3.05, 3.63) is 84.0 Å². The zero-order valence-corrected chi connectivity index (χ0v) is 20.1. The van der Waals surface area contributed by atoms with Crippen molar-refractivity contribution in [1.82, 2.24) is 20.1 Å². The molecule has 1 fully saturated rings. The molecule has 1 aromatic carbocycles. The number of nitrogens with one attached hydrogen (secondary N) is 1. The van der Waals surface area contributed by atoms with Crippen molar-refractivity contribution in [1.29, 1.82) is 0 Å². The van der Waals surface area contributed by atoms with Gasteiger partial charge in [0.05, 0.1) is 5.69 Å². The molecule has 0 bridgehead atoms. The second-order valence-corrected chi connectivity index (χ2v) is 9.29. The lowest BCUT2D eigenvalue weighted by molar-refractivity contribution is -0.165. The third kappa shape index (κ3) is 5.56. The Kier molecular flexibility index (Phi) is 6.92. The molecule has 0 saturated heterocycles. The van der Waals surface area contributed by atoms with Crippen molar-refractivity contribution in [2.45, 2.75) is 50.1 Å². The lowest BCUT2D eigenvalue weighted by atomic mass is 10.00. The molecular weight excluding hydrogens is 502 g/mol. The maximum absolute atomic E-state index is 14.7. The number of pyridine rings is 1. The van der Waals surface area contributed by atoms with Gasteiger partial charge in [0.15, 0.2) is 5.76 Å². The number of aryl methyl sites for hydroxylation is 1. The fraction of sp³-hybridized carbons (Fsp3) is 0.296. The highest BCUT2D eigenvalue weighted by Gasteiger charge is 2.66. The van der Waals surface area contributed by atoms with E-state index < -0.39 is 17.4 Å². The van der Waals surface area contributed by atoms with Crippen LogP contribution in [-0.4, -0.2) is 32.1 Å². The number of hydrogen-bond donors (Lipinski definition) is 1. The van der Waals surface area contributed by atoms with E-state index in [1.807, 2.05) is 0 Å². The van der Waals surface area contributed by atoms with Gasteiger partial charge in [0.25, 0.3) is 0 Å². The molecule has 4 aromatic rings. The minimum atomic E-state index is -4.37. The number of anilines is 2. The Morgan fingerprint density at radius 2 is 1.76 bits per heavy atom. The van der Waals surface area contributed by atoms with Crippen LogP contribution in [0, 0.1) is 5.82 Å². The Labute approximate surface area is 215 Å². The van der Waals surface area contributed by atoms with Crippen LogP contribution in [0.4, 0.5) is 29.2 Å². The van der Waals surface area contributed by atoms with E-state index in [2.05, 4.69) is 25.4 Å². The maximum atomic E-state index is 14.7. The summed E-state index contributed by atoms with van der Waals surface area (Å²) in [6.07, 6.45) is 2.80. The fourth-order valence-corrected chi connectivity index (χ4v) is 4.19. The van der Waals surface area contributed by atoms with Gasteiger partial charge in [-0.2, -0.15) is 13.2 Å². The van der Waals surface area contributed by atoms with Crippen LogP contribution in [0.1, 0.15) is 42.7 Å². The van der Waals surface area contributed by atoms with Crippen molar-refractivity contribution in [2.24, 2.45) is 0 Å². The monoisotopic (exact) mass is 525 g/mol. The van der Waals surface area contributed by atoms with Crippen molar-refractivity contribution in [2.75, 3.05) is 5.32 Å². The molecule has 0 atom stereocenters. The number of alkyl halides is 3. The standard InChI is InChI=1S/C27H23F4N5O2/c28-23-13-17(19-15-33-25(34-16-19)35-20-6-10-32-11-7-20)4-5-18(23)12-22(37)3-1-2-21-14-24(38-36-21)26(8-9-26)27(29,30)31/h4-7,10-11,13-16H,1-3,8-9,12H2,(H,32,33,34,35). The Morgan fingerprint density at radius 1 is 1.03 bits per heavy atom. The molecule has 0 amide bonds. The van der Waals surface area contributed by atoms with Gasteiger partial charge in [0, 0.05) is 54.9 Å². The molecule has 0 spiro atoms. The summed E-state index contributed by atoms with van der Waals surface area (Å²) in [7, 11) is 0. The van der Waals surface area contributed by atoms with E-state index in [0.29, 0.717) is 35.6 Å². The summed E-state index contributed by atoms with van der Waals surface area (Å²) in [5.74, 6) is -0.475. The Balaban J connectivity index is 1.13. The molecule has 5 rings (SSSR count). The molecule has 1 aliphatic carbocycles. The van der Waals surface area contributed by atoms with Gasteiger partial charge in [-0.25, -0.2) is 14.4 Å². The third-order valence-corrected chi connectivity index (χ3v) is 6.57. The molecule has 11 heteroatoms. The molecule has 0 aliphatic heterocycles. The average molecular weight is 526 g/mol. The number of aromatic nitrogens is 4. The largest absolute Gasteiger partial charge is 0.401 e. The SMILES string of the molecule is O=C(CCCc1cc(C2(C(F)(F)F)CC2)on1)Cc1ccc(-c2cnc(Nc3ccncc3)nc2)cc1F. The van der Waals surface area contributed by atoms with Crippen LogP contribution in [0.3, 0.4) is 0 Å². The Bertz CT molecular complexity index is 1420. The highest BCUT2D eigenvalue weighted by Crippen LogP contribution is 2.59. The number of carbonyl (C=O) groups excluding carboxylic acids is 1. The molecular formula is C27H23F4N5O2. The zero-order chi connectivity index (χ0) is 26.8. The van der Waals surface area contributed by atoms with Gasteiger partial charge < -0.3 is 9.84 Å². The van der Waals surface area contributed by atoms with Crippen molar-refractivity contribution in [3.63, 3.8) is 0 Å². The number of carbonyl (C=O) groups is 1. The molecule has 38 heavy (non-hydrogen) atoms. The van der Waals surface area contributed by atoms with E-state index in [1.54, 1.807) is 49.1 Å². The first-order chi connectivity index (χ1) is 18.2. The van der Waals surface area contributed by atoms with E-state index in [4.69, 9.17) is 4.52 Å². The van der Waals surface area contributed by atoms with Crippen LogP contribution < -0.4 is 5.32 Å². The first-order valence-electron chi connectivity index (χ1n) is 12.1. The Hall–Kier alpha value is -4.15. The van der Waals surface area contributed by atoms with Crippen molar-refractivity contribution < 1.29 is 26.9 Å². The summed E-state index contributed by atoms with van der Waals surface area (Å²) in [4.78, 5) is 24.9. The van der Waals surface area contributed by atoms with Crippen LogP contribution in [0.15, 0.2) is 65.7 Å². The number of ketones is 1. The van der Waals surface area contributed by atoms with Gasteiger partial charge in [-0.3, -0.25) is 9.78 Å². The zero-order valence-electron chi connectivity index (χ0n) is 20.1. The predicted molar refractivity (Wildman–Crippen MR) is 130 cm³/mol. The first-order valence-corrected chi connectivity index (χ1v) is 12.1. The van der Waals surface area contributed by atoms with Crippen LogP contribution in [0.25, 0.3) is 11.1 Å². The summed E-state index contributed by atoms with van der Waals surface area (Å²) in [5.41, 5.74) is 0.703. The van der Waals surface area contributed by atoms with Gasteiger partial charge in [-0.15, -0.1) is 0 Å². The average Bonchev–Trinajstić information content (AvgIpc) is 3.59. The van der Waals surface area contributed by atoms with Gasteiger partial charge in [0.1, 0.15) is 17.0 Å². The highest BCUT2D eigenvalue weighted by atomic mass is 19.4. The summed E-state index contributed by atoms with van der Waals surface area (Å²) >= 11 is 0. The molecule has 0 unspecified atom stereocenters. The summed E-state index contributed by atoms with van der Waals surface area (Å²) in [6, 6.07) is 9.47. The molecule has 0 radical (unpaired) electrons. The van der Waals surface area contributed by atoms with Crippen LogP contribution >= 0.6 is 0 Å². The number of nitrogens with zero attached hydrogens (tertiary/aromatic N) is 4. The summed E-state index contributed by atoms with van der Waals surface area (Å²) in [6.45, 7) is 0. The normalized spacial score (nSPS) is 14.3. The lowest BCUT2D eigenvalue weighted by Gasteiger charge is -2.15. The number of Topliss-reactive ketones (excluding diaryl/α,β-unsaturated/α-hetero) is 1. The number of halogens is 4. The van der Waals surface area contributed by atoms with E-state index in [1.165, 1.54) is 12.1 Å². The topological polar surface area (TPSA) is 93.8 Å². The van der Waals surface area contributed by atoms with Crippen LogP contribution in [0.5, 0.6) is 0 Å². The lowest BCUT2D eigenvalue weighted by Crippen LogP contribution is -2.28. The minimum absolute atomic E-state index is 0.00410. The maximum Gasteiger partial charge on any atom is 0.401 e. The molecule has 3 heterocycles. The fourth-order valence-electron chi connectivity index (χ4n) is 4.19. The third-order valence-electron chi connectivity index (χ3n) is 6.57. The van der Waals surface area contributed by atoms with E-state index in [0.717, 1.165) is 5.69 Å². The second kappa shape index (κ2) is 10.3. The summed E-state index contributed by atoms with van der Waals surface area (Å²) in [5, 5.41) is 6.77. The quantitative estimate of drug-likeness (QED) is 0.249. The van der Waals surface area contributed by atoms with Gasteiger partial charge in [-0.05, 0) is 55.0 Å². The smallest absolute Gasteiger partial charge is 0.360 e. The van der Waals surface area contributed by atoms with E-state index in [9.17, 15) is 22.4 Å². The number of hydrogen-bond acceptors (Lipinski definition) is 7. The second-order valence-electron chi connectivity index (χ2n) is 9.29. The molecule has 196 valence electrons. The van der Waals surface area contributed by atoms with Gasteiger partial charge >= 0.3 is 6.18 Å². The first kappa shape index (κ1) is 25.5. The van der Waals surface area contributed by atoms with Gasteiger partial charge in [0.2, 0.25) is 5.95 Å². The minimum Gasteiger partial charge on any atom is -0.360 e. The van der Waals surface area contributed by atoms with Crippen molar-refractivity contribution >= 4 is 17.4 Å². The van der Waals surface area contributed by atoms with Crippen molar-refractivity contribution in [3.8, 4) is 11.1 Å². The number of rotatable bonds is 10. The predicted octanol–water partition coefficient (Wildman–Crippen LogP) is 6.14. The molecule has 1 aliphatic rings. The highest BCUT2D eigenvalue weighted by molar-refractivity contribution is 5.81. The molecule has 1 saturated carbocycles.